The van der Waals surface area contributed by atoms with E-state index in [1.807, 2.05) is 0 Å². The maximum absolute atomic E-state index is 14.1. The Kier molecular flexibility index (Phi) is 4.31. The highest BCUT2D eigenvalue weighted by molar-refractivity contribution is 8.06. The number of fused-ring (bicyclic) bond motifs is 1. The molecular formula is C10H13FN5O5PS. The van der Waals surface area contributed by atoms with E-state index in [-0.39, 0.29) is 11.5 Å². The first kappa shape index (κ1) is 16.6. The molecule has 0 unspecified atom stereocenters. The number of imidazole rings is 1. The van der Waals surface area contributed by atoms with Gasteiger partial charge in [0.1, 0.15) is 24.1 Å². The second-order valence-corrected chi connectivity index (χ2v) is 7.54. The van der Waals surface area contributed by atoms with Gasteiger partial charge in [0.15, 0.2) is 23.9 Å². The molecule has 0 radical (unpaired) electrons. The maximum atomic E-state index is 14.1. The number of halogens is 1. The molecule has 1 aliphatic heterocycles. The Morgan fingerprint density at radius 2 is 2.17 bits per heavy atom. The van der Waals surface area contributed by atoms with Crippen LogP contribution in [-0.4, -0.2) is 59.4 Å². The number of ether oxygens (including phenoxy) is 1. The van der Waals surface area contributed by atoms with Gasteiger partial charge >= 0.3 is 6.72 Å². The summed E-state index contributed by atoms with van der Waals surface area (Å²) >= 11 is 4.29. The van der Waals surface area contributed by atoms with Crippen LogP contribution in [-0.2, 0) is 21.1 Å². The van der Waals surface area contributed by atoms with Crippen LogP contribution in [0.1, 0.15) is 6.23 Å². The molecule has 1 saturated heterocycles. The lowest BCUT2D eigenvalue weighted by Gasteiger charge is -2.16. The third kappa shape index (κ3) is 3.19. The summed E-state index contributed by atoms with van der Waals surface area (Å²) in [6.07, 6.45) is -3.22. The van der Waals surface area contributed by atoms with Gasteiger partial charge < -0.3 is 29.9 Å². The highest BCUT2D eigenvalue weighted by Crippen LogP contribution is 2.39. The number of anilines is 1. The van der Waals surface area contributed by atoms with Gasteiger partial charge in [-0.2, -0.15) is 0 Å². The molecule has 3 rings (SSSR count). The molecular weight excluding hydrogens is 352 g/mol. The van der Waals surface area contributed by atoms with E-state index in [1.54, 1.807) is 0 Å². The number of rotatable bonds is 4. The van der Waals surface area contributed by atoms with Crippen molar-refractivity contribution in [2.75, 3.05) is 12.3 Å². The number of alkyl halides is 1. The van der Waals surface area contributed by atoms with Crippen LogP contribution in [0.5, 0.6) is 0 Å². The standard InChI is InChI=1S/C10H13FN5O5PS/c11-5-4(1-20-22(18,19)23)21-10(7(5)17)16-3-15-6-8(12)13-2-14-9(6)16/h2-5,7,10,17H,1H2,(H2,12,13,14)(H2,18,19,23)/t4-,5+,7+,10-/m1/s1. The summed E-state index contributed by atoms with van der Waals surface area (Å²) in [5.74, 6) is 0.138. The van der Waals surface area contributed by atoms with E-state index < -0.39 is 37.9 Å². The van der Waals surface area contributed by atoms with Crippen LogP contribution in [0.2, 0.25) is 0 Å². The predicted molar refractivity (Wildman–Crippen MR) is 79.2 cm³/mol. The van der Waals surface area contributed by atoms with E-state index in [1.165, 1.54) is 17.2 Å². The van der Waals surface area contributed by atoms with Crippen LogP contribution in [0.25, 0.3) is 11.2 Å². The van der Waals surface area contributed by atoms with Crippen LogP contribution in [0.4, 0.5) is 10.2 Å². The lowest BCUT2D eigenvalue weighted by atomic mass is 10.1. The van der Waals surface area contributed by atoms with E-state index in [0.29, 0.717) is 5.52 Å². The largest absolute Gasteiger partial charge is 0.385 e. The van der Waals surface area contributed by atoms with E-state index in [9.17, 15) is 9.50 Å². The molecule has 3 heterocycles. The minimum atomic E-state index is -3.94. The fraction of sp³-hybridized carbons (Fsp3) is 0.500. The molecule has 0 aliphatic carbocycles. The first-order valence-corrected chi connectivity index (χ1v) is 9.01. The summed E-state index contributed by atoms with van der Waals surface area (Å²) in [6.45, 7) is -4.45. The zero-order valence-electron chi connectivity index (χ0n) is 11.4. The number of nitrogens with two attached hydrogens (primary N) is 1. The van der Waals surface area contributed by atoms with Crippen LogP contribution < -0.4 is 5.73 Å². The summed E-state index contributed by atoms with van der Waals surface area (Å²) in [5, 5.41) is 10.0. The fourth-order valence-electron chi connectivity index (χ4n) is 2.30. The molecule has 0 saturated carbocycles. The second kappa shape index (κ2) is 5.98. The summed E-state index contributed by atoms with van der Waals surface area (Å²) in [4.78, 5) is 29.8. The number of aromatic nitrogens is 4. The summed E-state index contributed by atoms with van der Waals surface area (Å²) in [7, 11) is 0. The van der Waals surface area contributed by atoms with Gasteiger partial charge in [0, 0.05) is 0 Å². The SMILES string of the molecule is Nc1ncnc2c1ncn2[C@@H]1O[C@H](COP(O)(O)=S)[C@H](F)[C@@H]1O. The van der Waals surface area contributed by atoms with Crippen LogP contribution in [0, 0.1) is 0 Å². The van der Waals surface area contributed by atoms with Crippen molar-refractivity contribution in [3.05, 3.63) is 12.7 Å². The molecule has 2 aromatic heterocycles. The minimum absolute atomic E-state index is 0.138. The zero-order chi connectivity index (χ0) is 16.8. The van der Waals surface area contributed by atoms with Gasteiger partial charge in [-0.1, -0.05) is 0 Å². The van der Waals surface area contributed by atoms with Gasteiger partial charge in [0.2, 0.25) is 0 Å². The van der Waals surface area contributed by atoms with Crippen molar-refractivity contribution < 1.29 is 28.5 Å². The average molecular weight is 365 g/mol. The van der Waals surface area contributed by atoms with Crippen molar-refractivity contribution in [1.82, 2.24) is 19.5 Å². The lowest BCUT2D eigenvalue weighted by Crippen LogP contribution is -2.30. The number of hydrogen-bond donors (Lipinski definition) is 4. The van der Waals surface area contributed by atoms with Crippen molar-refractivity contribution in [2.45, 2.75) is 24.6 Å². The predicted octanol–water partition coefficient (Wildman–Crippen LogP) is -0.769. The molecule has 2 aromatic rings. The molecule has 0 bridgehead atoms. The fourth-order valence-corrected chi connectivity index (χ4v) is 2.82. The first-order chi connectivity index (χ1) is 10.8. The molecule has 13 heteroatoms. The summed E-state index contributed by atoms with van der Waals surface area (Å²) < 4.78 is 25.5. The molecule has 10 nitrogen and oxygen atoms in total. The molecule has 1 aliphatic rings. The number of nitrogen functional groups attached to an aromatic ring is 1. The molecule has 0 aromatic carbocycles. The van der Waals surface area contributed by atoms with Gasteiger partial charge in [-0.3, -0.25) is 4.57 Å². The highest BCUT2D eigenvalue weighted by atomic mass is 32.5. The lowest BCUT2D eigenvalue weighted by molar-refractivity contribution is -0.0474. The third-order valence-corrected chi connectivity index (χ3v) is 4.16. The van der Waals surface area contributed by atoms with Crippen molar-refractivity contribution in [3.63, 3.8) is 0 Å². The number of aliphatic hydroxyl groups excluding tert-OH is 1. The highest BCUT2D eigenvalue weighted by Gasteiger charge is 2.46. The van der Waals surface area contributed by atoms with Crippen molar-refractivity contribution in [1.29, 1.82) is 0 Å². The average Bonchev–Trinajstić information content (AvgIpc) is 3.01. The Bertz CT molecular complexity index is 771. The minimum Gasteiger partial charge on any atom is -0.385 e. The molecule has 5 N–H and O–H groups in total. The zero-order valence-corrected chi connectivity index (χ0v) is 13.1. The van der Waals surface area contributed by atoms with E-state index in [4.69, 9.17) is 20.3 Å². The van der Waals surface area contributed by atoms with Gasteiger partial charge in [-0.05, 0) is 11.8 Å². The Morgan fingerprint density at radius 3 is 2.87 bits per heavy atom. The van der Waals surface area contributed by atoms with E-state index >= 15 is 0 Å². The topological polar surface area (TPSA) is 149 Å². The van der Waals surface area contributed by atoms with Crippen molar-refractivity contribution in [3.8, 4) is 0 Å². The second-order valence-electron chi connectivity index (χ2n) is 4.87. The van der Waals surface area contributed by atoms with Gasteiger partial charge in [0.25, 0.3) is 0 Å². The summed E-state index contributed by atoms with van der Waals surface area (Å²) in [6, 6.07) is 0. The summed E-state index contributed by atoms with van der Waals surface area (Å²) in [5.41, 5.74) is 6.22. The number of nitrogens with zero attached hydrogens (tertiary/aromatic N) is 4. The van der Waals surface area contributed by atoms with Gasteiger partial charge in [-0.15, -0.1) is 0 Å². The number of aliphatic hydroxyl groups is 1. The van der Waals surface area contributed by atoms with Gasteiger partial charge in [0.05, 0.1) is 12.9 Å². The van der Waals surface area contributed by atoms with Crippen molar-refractivity contribution in [2.24, 2.45) is 0 Å². The Balaban J connectivity index is 1.85. The maximum Gasteiger partial charge on any atom is 0.321 e. The molecule has 1 fully saturated rings. The molecule has 0 spiro atoms. The Morgan fingerprint density at radius 1 is 1.43 bits per heavy atom. The molecule has 0 amide bonds. The van der Waals surface area contributed by atoms with Crippen LogP contribution in [0.15, 0.2) is 12.7 Å². The van der Waals surface area contributed by atoms with Crippen LogP contribution in [0.3, 0.4) is 0 Å². The smallest absolute Gasteiger partial charge is 0.321 e. The Labute approximate surface area is 134 Å². The Hall–Kier alpha value is -1.27. The van der Waals surface area contributed by atoms with Crippen LogP contribution >= 0.6 is 6.72 Å². The third-order valence-electron chi connectivity index (χ3n) is 3.36. The van der Waals surface area contributed by atoms with E-state index in [0.717, 1.165) is 0 Å². The first-order valence-electron chi connectivity index (χ1n) is 6.38. The normalized spacial score (nSPS) is 28.5. The van der Waals surface area contributed by atoms with E-state index in [2.05, 4.69) is 31.3 Å². The monoisotopic (exact) mass is 365 g/mol. The van der Waals surface area contributed by atoms with Gasteiger partial charge in [-0.25, -0.2) is 19.3 Å². The quantitative estimate of drug-likeness (QED) is 0.509. The number of hydrogen-bond acceptors (Lipinski definition) is 8. The molecule has 4 atom stereocenters. The molecule has 23 heavy (non-hydrogen) atoms. The molecule has 126 valence electrons. The van der Waals surface area contributed by atoms with Crippen molar-refractivity contribution >= 4 is 35.5 Å².